The van der Waals surface area contributed by atoms with Crippen molar-refractivity contribution < 1.29 is 60.2 Å². The molecular formula is C30H24O12. The summed E-state index contributed by atoms with van der Waals surface area (Å²) in [6.07, 6.45) is -4.20. The average molecular weight is 577 g/mol. The fraction of sp³-hybridized carbons (Fsp3) is 0.200. The van der Waals surface area contributed by atoms with E-state index in [-0.39, 0.29) is 68.7 Å². The highest BCUT2D eigenvalue weighted by Gasteiger charge is 2.60. The topological polar surface area (TPSA) is 210 Å². The van der Waals surface area contributed by atoms with Gasteiger partial charge in [0.05, 0.1) is 12.0 Å². The van der Waals surface area contributed by atoms with Gasteiger partial charge in [0.25, 0.3) is 0 Å². The molecule has 216 valence electrons. The van der Waals surface area contributed by atoms with Gasteiger partial charge in [-0.15, -0.1) is 0 Å². The van der Waals surface area contributed by atoms with Crippen molar-refractivity contribution in [1.82, 2.24) is 0 Å². The van der Waals surface area contributed by atoms with Crippen LogP contribution in [0.5, 0.6) is 57.5 Å². The van der Waals surface area contributed by atoms with E-state index in [1.165, 1.54) is 36.4 Å². The number of aromatic hydroxyl groups is 7. The van der Waals surface area contributed by atoms with E-state index in [4.69, 9.17) is 14.2 Å². The normalized spacial score (nSPS) is 25.2. The summed E-state index contributed by atoms with van der Waals surface area (Å²) in [5, 5.41) is 94.9. The molecule has 42 heavy (non-hydrogen) atoms. The number of hydrogen-bond donors (Lipinski definition) is 9. The van der Waals surface area contributed by atoms with Crippen molar-refractivity contribution in [1.29, 1.82) is 0 Å². The molecule has 5 atom stereocenters. The van der Waals surface area contributed by atoms with E-state index in [0.717, 1.165) is 18.2 Å². The van der Waals surface area contributed by atoms with Gasteiger partial charge in [-0.05, 0) is 36.4 Å². The van der Waals surface area contributed by atoms with Crippen LogP contribution >= 0.6 is 0 Å². The number of ether oxygens (including phenoxy) is 3. The molecule has 9 N–H and O–H groups in total. The maximum absolute atomic E-state index is 11.9. The van der Waals surface area contributed by atoms with E-state index < -0.39 is 53.0 Å². The minimum absolute atomic E-state index is 0.0101. The lowest BCUT2D eigenvalue weighted by Gasteiger charge is -2.50. The minimum atomic E-state index is -1.96. The molecule has 0 saturated carbocycles. The zero-order chi connectivity index (χ0) is 29.7. The average Bonchev–Trinajstić information content (AvgIpc) is 2.92. The summed E-state index contributed by atoms with van der Waals surface area (Å²) >= 11 is 0. The third-order valence-corrected chi connectivity index (χ3v) is 8.01. The first-order chi connectivity index (χ1) is 20.0. The highest BCUT2D eigenvalue weighted by atomic mass is 16.7. The Balaban J connectivity index is 1.47. The summed E-state index contributed by atoms with van der Waals surface area (Å²) in [7, 11) is 0. The lowest BCUT2D eigenvalue weighted by atomic mass is 9.74. The largest absolute Gasteiger partial charge is 0.508 e. The van der Waals surface area contributed by atoms with E-state index in [1.807, 2.05) is 0 Å². The number of aliphatic hydroxyl groups excluding tert-OH is 2. The number of fused-ring (bicyclic) bond motifs is 8. The van der Waals surface area contributed by atoms with Gasteiger partial charge >= 0.3 is 5.79 Å². The Morgan fingerprint density at radius 2 is 1.31 bits per heavy atom. The lowest BCUT2D eigenvalue weighted by Crippen LogP contribution is -2.57. The molecule has 0 radical (unpaired) electrons. The smallest absolute Gasteiger partial charge is 0.305 e. The lowest BCUT2D eigenvalue weighted by molar-refractivity contribution is -0.219. The Labute approximate surface area is 236 Å². The third kappa shape index (κ3) is 3.49. The number of phenols is 7. The molecule has 0 saturated heterocycles. The first-order valence-corrected chi connectivity index (χ1v) is 12.9. The van der Waals surface area contributed by atoms with Crippen molar-refractivity contribution in [3.8, 4) is 57.5 Å². The Bertz CT molecular complexity index is 1740. The first-order valence-electron chi connectivity index (χ1n) is 12.9. The maximum atomic E-state index is 11.9. The van der Waals surface area contributed by atoms with Crippen molar-refractivity contribution in [2.45, 2.75) is 36.4 Å². The monoisotopic (exact) mass is 576 g/mol. The molecule has 12 nitrogen and oxygen atoms in total. The Morgan fingerprint density at radius 3 is 1.98 bits per heavy atom. The van der Waals surface area contributed by atoms with Gasteiger partial charge in [-0.25, -0.2) is 0 Å². The molecule has 3 aliphatic heterocycles. The molecule has 7 rings (SSSR count). The Morgan fingerprint density at radius 1 is 0.667 bits per heavy atom. The first kappa shape index (κ1) is 25.7. The summed E-state index contributed by atoms with van der Waals surface area (Å²) in [6, 6.07) is 11.5. The standard InChI is InChI=1S/C30H24O12/c31-13-3-1-12(2-4-13)30-29(39)25(23-17(34)7-14(32)8-21(23)41-30)24-22(42-30)10-16(33)15-9-20(37)27(40-28(15)24)11-5-18(35)26(38)19(36)6-11/h1-8,10,20,25,27,29,31-39H,9H2/t20-,25?,27+,29+,30-/m0/s1. The van der Waals surface area contributed by atoms with Crippen LogP contribution in [0.3, 0.4) is 0 Å². The van der Waals surface area contributed by atoms with Crippen LogP contribution in [-0.4, -0.2) is 58.2 Å². The van der Waals surface area contributed by atoms with Gasteiger partial charge in [-0.1, -0.05) is 0 Å². The highest BCUT2D eigenvalue weighted by molar-refractivity contribution is 5.68. The maximum Gasteiger partial charge on any atom is 0.305 e. The molecule has 3 aliphatic rings. The second-order valence-corrected chi connectivity index (χ2v) is 10.6. The molecule has 12 heteroatoms. The van der Waals surface area contributed by atoms with Crippen LogP contribution in [-0.2, 0) is 12.2 Å². The van der Waals surface area contributed by atoms with E-state index in [9.17, 15) is 46.0 Å². The molecule has 0 amide bonds. The highest BCUT2D eigenvalue weighted by Crippen LogP contribution is 2.62. The zero-order valence-corrected chi connectivity index (χ0v) is 21.5. The molecule has 0 fully saturated rings. The Kier molecular flexibility index (Phi) is 5.30. The van der Waals surface area contributed by atoms with Gasteiger partial charge in [0.15, 0.2) is 23.4 Å². The van der Waals surface area contributed by atoms with E-state index in [0.29, 0.717) is 0 Å². The number of benzene rings is 4. The fourth-order valence-electron chi connectivity index (χ4n) is 6.12. The zero-order valence-electron chi connectivity index (χ0n) is 21.5. The molecule has 1 unspecified atom stereocenters. The van der Waals surface area contributed by atoms with E-state index >= 15 is 0 Å². The second kappa shape index (κ2) is 8.65. The van der Waals surface area contributed by atoms with Crippen LogP contribution < -0.4 is 14.2 Å². The molecule has 2 bridgehead atoms. The van der Waals surface area contributed by atoms with Gasteiger partial charge in [0, 0.05) is 52.4 Å². The summed E-state index contributed by atoms with van der Waals surface area (Å²) in [5.74, 6) is -6.19. The van der Waals surface area contributed by atoms with E-state index in [1.54, 1.807) is 0 Å². The van der Waals surface area contributed by atoms with Crippen LogP contribution in [0.4, 0.5) is 0 Å². The SMILES string of the molecule is Oc1ccc([C@]23Oc4cc(O)cc(O)c4C(c4c(cc(O)c5c4O[C@H](c4cc(O)c(O)c(O)c4)[C@@H](O)C5)O2)[C@H]3O)cc1. The van der Waals surface area contributed by atoms with Crippen LogP contribution in [0.25, 0.3) is 0 Å². The van der Waals surface area contributed by atoms with E-state index in [2.05, 4.69) is 0 Å². The van der Waals surface area contributed by atoms with Gasteiger partial charge in [0.1, 0.15) is 46.4 Å². The van der Waals surface area contributed by atoms with Crippen molar-refractivity contribution in [3.05, 3.63) is 82.4 Å². The van der Waals surface area contributed by atoms with Gasteiger partial charge < -0.3 is 60.2 Å². The van der Waals surface area contributed by atoms with Crippen LogP contribution in [0.15, 0.2) is 54.6 Å². The second-order valence-electron chi connectivity index (χ2n) is 10.6. The molecule has 0 aromatic heterocycles. The number of aliphatic hydroxyl groups is 2. The molecule has 4 aromatic carbocycles. The van der Waals surface area contributed by atoms with Gasteiger partial charge in [-0.2, -0.15) is 0 Å². The summed E-state index contributed by atoms with van der Waals surface area (Å²) in [4.78, 5) is 0. The van der Waals surface area contributed by atoms with Crippen molar-refractivity contribution in [2.24, 2.45) is 0 Å². The van der Waals surface area contributed by atoms with Gasteiger partial charge in [0.2, 0.25) is 0 Å². The number of rotatable bonds is 2. The summed E-state index contributed by atoms with van der Waals surface area (Å²) < 4.78 is 18.7. The molecule has 0 spiro atoms. The van der Waals surface area contributed by atoms with Crippen molar-refractivity contribution in [2.75, 3.05) is 0 Å². The minimum Gasteiger partial charge on any atom is -0.508 e. The van der Waals surface area contributed by atoms with Crippen molar-refractivity contribution >= 4 is 0 Å². The molecule has 3 heterocycles. The predicted molar refractivity (Wildman–Crippen MR) is 141 cm³/mol. The quantitative estimate of drug-likeness (QED) is 0.158. The summed E-state index contributed by atoms with van der Waals surface area (Å²) in [6.45, 7) is 0. The molecule has 4 aromatic rings. The van der Waals surface area contributed by atoms with Crippen LogP contribution in [0.1, 0.15) is 39.8 Å². The van der Waals surface area contributed by atoms with Gasteiger partial charge in [-0.3, -0.25) is 0 Å². The number of phenolic OH excluding ortho intramolecular Hbond substituents is 7. The predicted octanol–water partition coefficient (Wildman–Crippen LogP) is 2.79. The Hall–Kier alpha value is -5.20. The third-order valence-electron chi connectivity index (χ3n) is 8.01. The molecular weight excluding hydrogens is 552 g/mol. The fourth-order valence-corrected chi connectivity index (χ4v) is 6.12. The number of hydrogen-bond acceptors (Lipinski definition) is 12. The molecule has 0 aliphatic carbocycles. The van der Waals surface area contributed by atoms with Crippen LogP contribution in [0.2, 0.25) is 0 Å². The van der Waals surface area contributed by atoms with Crippen LogP contribution in [0, 0.1) is 0 Å². The summed E-state index contributed by atoms with van der Waals surface area (Å²) in [5.41, 5.74) is 0.842. The van der Waals surface area contributed by atoms with Crippen molar-refractivity contribution in [3.63, 3.8) is 0 Å².